The van der Waals surface area contributed by atoms with E-state index in [4.69, 9.17) is 0 Å². The monoisotopic (exact) mass is 338 g/mol. The number of esters is 1. The standard InChI is InChI=1S/C19H18N2O4/c1-13(22)20-16-4-3-5-17(12-16)21-18(23)11-8-14-6-9-15(10-7-14)19(24)25-2/h3-12H,1-2H3,(H,20,22)(H,21,23)/b11-8+. The van der Waals surface area contributed by atoms with Crippen LogP contribution in [0.5, 0.6) is 0 Å². The van der Waals surface area contributed by atoms with Gasteiger partial charge in [-0.1, -0.05) is 18.2 Å². The molecule has 2 amide bonds. The number of ether oxygens (including phenoxy) is 1. The SMILES string of the molecule is COC(=O)c1ccc(/C=C/C(=O)Nc2cccc(NC(C)=O)c2)cc1. The Morgan fingerprint density at radius 3 is 2.20 bits per heavy atom. The fourth-order valence-electron chi connectivity index (χ4n) is 2.08. The van der Waals surface area contributed by atoms with E-state index in [1.807, 2.05) is 0 Å². The molecule has 0 aliphatic rings. The van der Waals surface area contributed by atoms with Gasteiger partial charge in [-0.2, -0.15) is 0 Å². The van der Waals surface area contributed by atoms with Crippen LogP contribution in [0.25, 0.3) is 6.08 Å². The number of amides is 2. The first-order chi connectivity index (χ1) is 12.0. The summed E-state index contributed by atoms with van der Waals surface area (Å²) in [4.78, 5) is 34.4. The second-order valence-electron chi connectivity index (χ2n) is 5.20. The highest BCUT2D eigenvalue weighted by molar-refractivity contribution is 6.02. The first-order valence-corrected chi connectivity index (χ1v) is 7.53. The minimum absolute atomic E-state index is 0.182. The maximum atomic E-state index is 12.0. The number of nitrogens with one attached hydrogen (secondary N) is 2. The molecular weight excluding hydrogens is 320 g/mol. The molecule has 0 aliphatic carbocycles. The van der Waals surface area contributed by atoms with E-state index in [0.717, 1.165) is 5.56 Å². The lowest BCUT2D eigenvalue weighted by atomic mass is 10.1. The normalized spacial score (nSPS) is 10.3. The summed E-state index contributed by atoms with van der Waals surface area (Å²) in [5.41, 5.74) is 2.39. The number of methoxy groups -OCH3 is 1. The lowest BCUT2D eigenvalue weighted by Crippen LogP contribution is -2.09. The van der Waals surface area contributed by atoms with Gasteiger partial charge in [0.25, 0.3) is 0 Å². The fourth-order valence-corrected chi connectivity index (χ4v) is 2.08. The third-order valence-electron chi connectivity index (χ3n) is 3.21. The van der Waals surface area contributed by atoms with E-state index < -0.39 is 5.97 Å². The maximum absolute atomic E-state index is 12.0. The summed E-state index contributed by atoms with van der Waals surface area (Å²) in [6.45, 7) is 1.42. The summed E-state index contributed by atoms with van der Waals surface area (Å²) in [6, 6.07) is 13.5. The van der Waals surface area contributed by atoms with Crippen LogP contribution in [-0.2, 0) is 14.3 Å². The molecule has 25 heavy (non-hydrogen) atoms. The van der Waals surface area contributed by atoms with Crippen LogP contribution in [0.1, 0.15) is 22.8 Å². The Labute approximate surface area is 145 Å². The van der Waals surface area contributed by atoms with E-state index in [1.165, 1.54) is 20.1 Å². The van der Waals surface area contributed by atoms with Crippen LogP contribution >= 0.6 is 0 Å². The quantitative estimate of drug-likeness (QED) is 0.648. The zero-order chi connectivity index (χ0) is 18.2. The Kier molecular flexibility index (Phi) is 6.06. The molecule has 0 bridgehead atoms. The van der Waals surface area contributed by atoms with Gasteiger partial charge in [0.1, 0.15) is 0 Å². The van der Waals surface area contributed by atoms with Crippen LogP contribution in [0.2, 0.25) is 0 Å². The fraction of sp³-hybridized carbons (Fsp3) is 0.105. The number of carbonyl (C=O) groups is 3. The predicted molar refractivity (Wildman–Crippen MR) is 96.2 cm³/mol. The minimum atomic E-state index is -0.410. The lowest BCUT2D eigenvalue weighted by Gasteiger charge is -2.06. The molecule has 0 atom stereocenters. The summed E-state index contributed by atoms with van der Waals surface area (Å²) < 4.78 is 4.63. The largest absolute Gasteiger partial charge is 0.465 e. The summed E-state index contributed by atoms with van der Waals surface area (Å²) in [7, 11) is 1.32. The van der Waals surface area contributed by atoms with Crippen LogP contribution in [-0.4, -0.2) is 24.9 Å². The van der Waals surface area contributed by atoms with Gasteiger partial charge in [0.15, 0.2) is 0 Å². The number of benzene rings is 2. The Bertz CT molecular complexity index is 810. The van der Waals surface area contributed by atoms with Gasteiger partial charge in [-0.3, -0.25) is 9.59 Å². The molecule has 0 aliphatic heterocycles. The van der Waals surface area contributed by atoms with Crippen molar-refractivity contribution in [2.75, 3.05) is 17.7 Å². The number of rotatable bonds is 5. The molecule has 6 heteroatoms. The third-order valence-corrected chi connectivity index (χ3v) is 3.21. The summed E-state index contributed by atoms with van der Waals surface area (Å²) in [6.07, 6.45) is 3.02. The van der Waals surface area contributed by atoms with Crippen molar-refractivity contribution in [3.8, 4) is 0 Å². The van der Waals surface area contributed by atoms with Crippen molar-refractivity contribution in [3.05, 3.63) is 65.7 Å². The molecule has 0 aromatic heterocycles. The Morgan fingerprint density at radius 2 is 1.60 bits per heavy atom. The van der Waals surface area contributed by atoms with Crippen LogP contribution in [0, 0.1) is 0 Å². The van der Waals surface area contributed by atoms with Gasteiger partial charge in [0.2, 0.25) is 11.8 Å². The third kappa shape index (κ3) is 5.62. The average Bonchev–Trinajstić information content (AvgIpc) is 2.59. The number of carbonyl (C=O) groups excluding carboxylic acids is 3. The van der Waals surface area contributed by atoms with E-state index in [2.05, 4.69) is 15.4 Å². The van der Waals surface area contributed by atoms with Gasteiger partial charge in [0, 0.05) is 24.4 Å². The number of hydrogen-bond acceptors (Lipinski definition) is 4. The molecule has 0 heterocycles. The molecule has 0 saturated heterocycles. The van der Waals surface area contributed by atoms with Crippen molar-refractivity contribution in [2.45, 2.75) is 6.92 Å². The molecule has 0 fully saturated rings. The van der Waals surface area contributed by atoms with Crippen molar-refractivity contribution in [1.82, 2.24) is 0 Å². The Hall–Kier alpha value is -3.41. The average molecular weight is 338 g/mol. The predicted octanol–water partition coefficient (Wildman–Crippen LogP) is 3.08. The van der Waals surface area contributed by atoms with Gasteiger partial charge in [-0.05, 0) is 42.0 Å². The molecule has 6 nitrogen and oxygen atoms in total. The highest BCUT2D eigenvalue weighted by Gasteiger charge is 2.04. The van der Waals surface area contributed by atoms with Crippen molar-refractivity contribution < 1.29 is 19.1 Å². The van der Waals surface area contributed by atoms with Gasteiger partial charge >= 0.3 is 5.97 Å². The zero-order valence-corrected chi connectivity index (χ0v) is 13.9. The highest BCUT2D eigenvalue weighted by atomic mass is 16.5. The van der Waals surface area contributed by atoms with Gasteiger partial charge < -0.3 is 15.4 Å². The van der Waals surface area contributed by atoms with Crippen LogP contribution in [0.4, 0.5) is 11.4 Å². The van der Waals surface area contributed by atoms with Crippen LogP contribution in [0.15, 0.2) is 54.6 Å². The zero-order valence-electron chi connectivity index (χ0n) is 13.9. The number of anilines is 2. The van der Waals surface area contributed by atoms with Crippen LogP contribution in [0.3, 0.4) is 0 Å². The van der Waals surface area contributed by atoms with E-state index >= 15 is 0 Å². The lowest BCUT2D eigenvalue weighted by molar-refractivity contribution is -0.114. The van der Waals surface area contributed by atoms with Crippen molar-refractivity contribution >= 4 is 35.2 Å². The van der Waals surface area contributed by atoms with E-state index in [9.17, 15) is 14.4 Å². The molecular formula is C19H18N2O4. The first kappa shape index (κ1) is 17.9. The molecule has 2 aromatic carbocycles. The molecule has 2 N–H and O–H groups in total. The van der Waals surface area contributed by atoms with Crippen molar-refractivity contribution in [2.24, 2.45) is 0 Å². The maximum Gasteiger partial charge on any atom is 0.337 e. The molecule has 0 spiro atoms. The first-order valence-electron chi connectivity index (χ1n) is 7.53. The molecule has 128 valence electrons. The van der Waals surface area contributed by atoms with Gasteiger partial charge in [-0.15, -0.1) is 0 Å². The number of hydrogen-bond donors (Lipinski definition) is 2. The van der Waals surface area contributed by atoms with Crippen molar-refractivity contribution in [3.63, 3.8) is 0 Å². The van der Waals surface area contributed by atoms with Gasteiger partial charge in [-0.25, -0.2) is 4.79 Å². The van der Waals surface area contributed by atoms with Crippen LogP contribution < -0.4 is 10.6 Å². The molecule has 0 saturated carbocycles. The van der Waals surface area contributed by atoms with E-state index in [-0.39, 0.29) is 11.8 Å². The summed E-state index contributed by atoms with van der Waals surface area (Å²) in [5, 5.41) is 5.36. The summed E-state index contributed by atoms with van der Waals surface area (Å²) >= 11 is 0. The highest BCUT2D eigenvalue weighted by Crippen LogP contribution is 2.15. The van der Waals surface area contributed by atoms with E-state index in [1.54, 1.807) is 54.6 Å². The Balaban J connectivity index is 1.98. The second-order valence-corrected chi connectivity index (χ2v) is 5.20. The molecule has 0 radical (unpaired) electrons. The van der Waals surface area contributed by atoms with E-state index in [0.29, 0.717) is 16.9 Å². The second kappa shape index (κ2) is 8.44. The Morgan fingerprint density at radius 1 is 0.960 bits per heavy atom. The van der Waals surface area contributed by atoms with Gasteiger partial charge in [0.05, 0.1) is 12.7 Å². The van der Waals surface area contributed by atoms with Crippen molar-refractivity contribution in [1.29, 1.82) is 0 Å². The summed E-state index contributed by atoms with van der Waals surface area (Å²) in [5.74, 6) is -0.900. The smallest absolute Gasteiger partial charge is 0.337 e. The molecule has 0 unspecified atom stereocenters. The minimum Gasteiger partial charge on any atom is -0.465 e. The molecule has 2 aromatic rings. The topological polar surface area (TPSA) is 84.5 Å². The molecule has 2 rings (SSSR count).